The van der Waals surface area contributed by atoms with Crippen molar-refractivity contribution in [1.29, 1.82) is 0 Å². The van der Waals surface area contributed by atoms with Crippen LogP contribution in [-0.2, 0) is 17.8 Å². The Morgan fingerprint density at radius 2 is 1.76 bits per heavy atom. The fourth-order valence-electron chi connectivity index (χ4n) is 2.63. The predicted molar refractivity (Wildman–Crippen MR) is 97.1 cm³/mol. The first-order valence-electron chi connectivity index (χ1n) is 8.43. The van der Waals surface area contributed by atoms with Crippen LogP contribution < -0.4 is 4.90 Å². The highest BCUT2D eigenvalue weighted by atomic mass is 16.2. The molecule has 0 saturated heterocycles. The molecule has 0 aliphatic heterocycles. The third-order valence-corrected chi connectivity index (χ3v) is 4.04. The van der Waals surface area contributed by atoms with Gasteiger partial charge in [0, 0.05) is 17.8 Å². The molecule has 3 rings (SSSR count). The molecular formula is C19H21N5O. The Hall–Kier alpha value is -3.02. The monoisotopic (exact) mass is 335 g/mol. The molecule has 0 aliphatic carbocycles. The summed E-state index contributed by atoms with van der Waals surface area (Å²) in [6.07, 6.45) is 0.987. The van der Waals surface area contributed by atoms with Crippen LogP contribution in [0, 0.1) is 0 Å². The fourth-order valence-corrected chi connectivity index (χ4v) is 2.63. The maximum Gasteiger partial charge on any atom is 0.250 e. The van der Waals surface area contributed by atoms with E-state index in [1.165, 1.54) is 10.4 Å². The number of aromatic nitrogens is 4. The zero-order chi connectivity index (χ0) is 17.6. The van der Waals surface area contributed by atoms with E-state index in [0.717, 1.165) is 17.7 Å². The Kier molecular flexibility index (Phi) is 5.18. The standard InChI is InChI=1S/C19H21N5O/c1-3-15-10-12-16(13-11-15)19-20-22-24(21-19)14-18(25)23(4-2)17-8-6-5-7-9-17/h5-13H,3-4,14H2,1-2H3. The second-order valence-electron chi connectivity index (χ2n) is 5.67. The molecule has 0 unspecified atom stereocenters. The maximum absolute atomic E-state index is 12.6. The summed E-state index contributed by atoms with van der Waals surface area (Å²) in [4.78, 5) is 15.6. The molecule has 1 aromatic heterocycles. The smallest absolute Gasteiger partial charge is 0.250 e. The SMILES string of the molecule is CCc1ccc(-c2nnn(CC(=O)N(CC)c3ccccc3)n2)cc1. The first-order chi connectivity index (χ1) is 12.2. The van der Waals surface area contributed by atoms with E-state index >= 15 is 0 Å². The van der Waals surface area contributed by atoms with Crippen molar-refractivity contribution in [2.45, 2.75) is 26.8 Å². The molecule has 1 heterocycles. The van der Waals surface area contributed by atoms with E-state index < -0.39 is 0 Å². The van der Waals surface area contributed by atoms with E-state index in [9.17, 15) is 4.79 Å². The highest BCUT2D eigenvalue weighted by molar-refractivity contribution is 5.92. The molecule has 0 bridgehead atoms. The minimum Gasteiger partial charge on any atom is -0.311 e. The maximum atomic E-state index is 12.6. The molecule has 0 saturated carbocycles. The molecule has 6 nitrogen and oxygen atoms in total. The molecule has 0 aliphatic rings. The third-order valence-electron chi connectivity index (χ3n) is 4.04. The van der Waals surface area contributed by atoms with Crippen LogP contribution in [0.4, 0.5) is 5.69 Å². The lowest BCUT2D eigenvalue weighted by Gasteiger charge is -2.20. The first-order valence-corrected chi connectivity index (χ1v) is 8.43. The molecule has 0 N–H and O–H groups in total. The Bertz CT molecular complexity index is 827. The van der Waals surface area contributed by atoms with Gasteiger partial charge in [0.1, 0.15) is 6.54 Å². The topological polar surface area (TPSA) is 63.9 Å². The lowest BCUT2D eigenvalue weighted by Crippen LogP contribution is -2.34. The van der Waals surface area contributed by atoms with Gasteiger partial charge in [0.25, 0.3) is 5.91 Å². The molecule has 0 atom stereocenters. The second-order valence-corrected chi connectivity index (χ2v) is 5.67. The Balaban J connectivity index is 1.72. The average molecular weight is 335 g/mol. The van der Waals surface area contributed by atoms with Crippen molar-refractivity contribution < 1.29 is 4.79 Å². The number of nitrogens with zero attached hydrogens (tertiary/aromatic N) is 5. The quantitative estimate of drug-likeness (QED) is 0.695. The van der Waals surface area contributed by atoms with Gasteiger partial charge in [0.05, 0.1) is 0 Å². The summed E-state index contributed by atoms with van der Waals surface area (Å²) in [5.41, 5.74) is 3.02. The van der Waals surface area contributed by atoms with E-state index in [-0.39, 0.29) is 12.5 Å². The summed E-state index contributed by atoms with van der Waals surface area (Å²) in [6, 6.07) is 17.6. The molecule has 6 heteroatoms. The number of rotatable bonds is 6. The molecule has 25 heavy (non-hydrogen) atoms. The summed E-state index contributed by atoms with van der Waals surface area (Å²) in [5.74, 6) is 0.456. The zero-order valence-corrected chi connectivity index (χ0v) is 14.5. The van der Waals surface area contributed by atoms with Crippen LogP contribution in [0.2, 0.25) is 0 Å². The highest BCUT2D eigenvalue weighted by Gasteiger charge is 2.16. The number of likely N-dealkylation sites (N-methyl/N-ethyl adjacent to an activating group) is 1. The Labute approximate surface area is 147 Å². The van der Waals surface area contributed by atoms with E-state index in [0.29, 0.717) is 12.4 Å². The van der Waals surface area contributed by atoms with Crippen molar-refractivity contribution in [3.8, 4) is 11.4 Å². The van der Waals surface area contributed by atoms with E-state index in [4.69, 9.17) is 0 Å². The summed E-state index contributed by atoms with van der Waals surface area (Å²) < 4.78 is 0. The van der Waals surface area contributed by atoms with Crippen molar-refractivity contribution in [2.75, 3.05) is 11.4 Å². The Morgan fingerprint density at radius 3 is 2.40 bits per heavy atom. The number of amides is 1. The minimum atomic E-state index is -0.0704. The van der Waals surface area contributed by atoms with Gasteiger partial charge in [0.2, 0.25) is 5.82 Å². The fraction of sp³-hybridized carbons (Fsp3) is 0.263. The summed E-state index contributed by atoms with van der Waals surface area (Å²) in [5, 5.41) is 12.4. The van der Waals surface area contributed by atoms with Crippen molar-refractivity contribution >= 4 is 11.6 Å². The second kappa shape index (κ2) is 7.70. The van der Waals surface area contributed by atoms with Crippen LogP contribution >= 0.6 is 0 Å². The summed E-state index contributed by atoms with van der Waals surface area (Å²) >= 11 is 0. The van der Waals surface area contributed by atoms with E-state index in [1.54, 1.807) is 4.90 Å². The summed E-state index contributed by atoms with van der Waals surface area (Å²) in [6.45, 7) is 4.70. The van der Waals surface area contributed by atoms with Gasteiger partial charge in [-0.3, -0.25) is 4.79 Å². The number of para-hydroxylation sites is 1. The van der Waals surface area contributed by atoms with Crippen LogP contribution in [0.3, 0.4) is 0 Å². The van der Waals surface area contributed by atoms with Gasteiger partial charge in [-0.1, -0.05) is 49.4 Å². The molecule has 128 valence electrons. The zero-order valence-electron chi connectivity index (χ0n) is 14.5. The first kappa shape index (κ1) is 16.8. The molecule has 0 spiro atoms. The molecule has 0 fully saturated rings. The van der Waals surface area contributed by atoms with Crippen LogP contribution in [0.5, 0.6) is 0 Å². The van der Waals surface area contributed by atoms with E-state index in [1.807, 2.05) is 49.4 Å². The van der Waals surface area contributed by atoms with E-state index in [2.05, 4.69) is 34.5 Å². The van der Waals surface area contributed by atoms with Gasteiger partial charge >= 0.3 is 0 Å². The molecule has 0 radical (unpaired) electrons. The van der Waals surface area contributed by atoms with Crippen molar-refractivity contribution in [2.24, 2.45) is 0 Å². The van der Waals surface area contributed by atoms with Gasteiger partial charge in [-0.15, -0.1) is 10.2 Å². The number of anilines is 1. The number of carbonyl (C=O) groups excluding carboxylic acids is 1. The Morgan fingerprint density at radius 1 is 1.04 bits per heavy atom. The lowest BCUT2D eigenvalue weighted by atomic mass is 10.1. The van der Waals surface area contributed by atoms with Gasteiger partial charge in [0.15, 0.2) is 0 Å². The van der Waals surface area contributed by atoms with Crippen molar-refractivity contribution in [3.63, 3.8) is 0 Å². The molecular weight excluding hydrogens is 314 g/mol. The number of benzene rings is 2. The van der Waals surface area contributed by atoms with Crippen LogP contribution in [0.25, 0.3) is 11.4 Å². The van der Waals surface area contributed by atoms with Crippen LogP contribution in [0.1, 0.15) is 19.4 Å². The molecule has 3 aromatic rings. The normalized spacial score (nSPS) is 10.6. The van der Waals surface area contributed by atoms with Gasteiger partial charge in [-0.05, 0) is 36.3 Å². The van der Waals surface area contributed by atoms with Gasteiger partial charge < -0.3 is 4.90 Å². The van der Waals surface area contributed by atoms with Crippen LogP contribution in [0.15, 0.2) is 54.6 Å². The lowest BCUT2D eigenvalue weighted by molar-refractivity contribution is -0.119. The molecule has 2 aromatic carbocycles. The van der Waals surface area contributed by atoms with Gasteiger partial charge in [-0.2, -0.15) is 4.80 Å². The predicted octanol–water partition coefficient (Wildman–Crippen LogP) is 2.96. The average Bonchev–Trinajstić information content (AvgIpc) is 3.12. The number of aryl methyl sites for hydroxylation is 1. The highest BCUT2D eigenvalue weighted by Crippen LogP contribution is 2.16. The van der Waals surface area contributed by atoms with Gasteiger partial charge in [-0.25, -0.2) is 0 Å². The molecule has 1 amide bonds. The minimum absolute atomic E-state index is 0.0583. The third kappa shape index (κ3) is 3.91. The van der Waals surface area contributed by atoms with Crippen molar-refractivity contribution in [1.82, 2.24) is 20.2 Å². The number of carbonyl (C=O) groups is 1. The number of hydrogen-bond donors (Lipinski definition) is 0. The summed E-state index contributed by atoms with van der Waals surface area (Å²) in [7, 11) is 0. The number of tetrazole rings is 1. The largest absolute Gasteiger partial charge is 0.311 e. The van der Waals surface area contributed by atoms with Crippen LogP contribution in [-0.4, -0.2) is 32.7 Å². The van der Waals surface area contributed by atoms with Crippen molar-refractivity contribution in [3.05, 3.63) is 60.2 Å². The number of hydrogen-bond acceptors (Lipinski definition) is 4.